The van der Waals surface area contributed by atoms with Gasteiger partial charge in [0.1, 0.15) is 6.61 Å². The van der Waals surface area contributed by atoms with Crippen molar-refractivity contribution >= 4 is 5.91 Å². The van der Waals surface area contributed by atoms with Gasteiger partial charge in [-0.05, 0) is 31.2 Å². The van der Waals surface area contributed by atoms with E-state index in [9.17, 15) is 4.79 Å². The molecule has 6 nitrogen and oxygen atoms in total. The molecule has 2 atom stereocenters. The van der Waals surface area contributed by atoms with Crippen molar-refractivity contribution in [1.82, 2.24) is 5.32 Å². The molecule has 0 saturated heterocycles. The van der Waals surface area contributed by atoms with Crippen molar-refractivity contribution in [1.29, 1.82) is 0 Å². The van der Waals surface area contributed by atoms with Gasteiger partial charge in [-0.1, -0.05) is 23.9 Å². The Morgan fingerprint density at radius 3 is 3.00 bits per heavy atom. The first kappa shape index (κ1) is 16.4. The molecule has 0 spiro atoms. The zero-order valence-corrected chi connectivity index (χ0v) is 11.8. The fraction of sp³-hybridized carbons (Fsp3) is 0.786. The Balaban J connectivity index is 2.27. The van der Waals surface area contributed by atoms with E-state index in [1.807, 2.05) is 0 Å². The zero-order valence-electron chi connectivity index (χ0n) is 11.8. The Bertz CT molecular complexity index is 385. The average Bonchev–Trinajstić information content (AvgIpc) is 2.46. The molecule has 0 heterocycles. The average molecular weight is 278 g/mol. The summed E-state index contributed by atoms with van der Waals surface area (Å²) in [4.78, 5) is 14.5. The lowest BCUT2D eigenvalue weighted by Crippen LogP contribution is -2.46. The highest BCUT2D eigenvalue weighted by molar-refractivity contribution is 5.76. The molecule has 1 amide bonds. The van der Waals surface area contributed by atoms with Gasteiger partial charge in [0.25, 0.3) is 0 Å². The molecule has 0 aromatic heterocycles. The first-order chi connectivity index (χ1) is 9.77. The summed E-state index contributed by atoms with van der Waals surface area (Å²) in [7, 11) is 0. The van der Waals surface area contributed by atoms with Crippen LogP contribution in [0.5, 0.6) is 0 Å². The number of carbonyl (C=O) groups excluding carboxylic acids is 1. The molecular formula is C14H22N4O2. The van der Waals surface area contributed by atoms with E-state index < -0.39 is 0 Å². The fourth-order valence-electron chi connectivity index (χ4n) is 2.41. The van der Waals surface area contributed by atoms with Crippen LogP contribution in [-0.4, -0.2) is 31.2 Å². The van der Waals surface area contributed by atoms with Crippen LogP contribution in [0.1, 0.15) is 44.9 Å². The van der Waals surface area contributed by atoms with Gasteiger partial charge < -0.3 is 10.1 Å². The summed E-state index contributed by atoms with van der Waals surface area (Å²) in [6, 6.07) is 0.0710. The topological polar surface area (TPSA) is 87.1 Å². The van der Waals surface area contributed by atoms with E-state index in [1.54, 1.807) is 0 Å². The van der Waals surface area contributed by atoms with Crippen molar-refractivity contribution in [2.75, 3.05) is 13.2 Å². The van der Waals surface area contributed by atoms with E-state index >= 15 is 0 Å². The lowest BCUT2D eigenvalue weighted by atomic mass is 9.92. The number of nitrogens with one attached hydrogen (secondary N) is 1. The van der Waals surface area contributed by atoms with Gasteiger partial charge in [-0.25, -0.2) is 0 Å². The van der Waals surface area contributed by atoms with Crippen LogP contribution in [-0.2, 0) is 9.53 Å². The fourth-order valence-corrected chi connectivity index (χ4v) is 2.41. The highest BCUT2D eigenvalue weighted by Crippen LogP contribution is 2.21. The van der Waals surface area contributed by atoms with Crippen LogP contribution in [0.25, 0.3) is 10.4 Å². The monoisotopic (exact) mass is 278 g/mol. The molecule has 6 heteroatoms. The summed E-state index contributed by atoms with van der Waals surface area (Å²) in [6.45, 7) is 0.740. The predicted molar refractivity (Wildman–Crippen MR) is 76.8 cm³/mol. The lowest BCUT2D eigenvalue weighted by Gasteiger charge is -2.31. The van der Waals surface area contributed by atoms with Crippen molar-refractivity contribution in [3.05, 3.63) is 10.4 Å². The van der Waals surface area contributed by atoms with Gasteiger partial charge in [0.2, 0.25) is 5.91 Å². The number of nitrogens with zero attached hydrogens (tertiary/aromatic N) is 3. The number of amides is 1. The van der Waals surface area contributed by atoms with Gasteiger partial charge in [0, 0.05) is 17.9 Å². The molecule has 1 aliphatic rings. The highest BCUT2D eigenvalue weighted by atomic mass is 16.5. The van der Waals surface area contributed by atoms with Crippen LogP contribution >= 0.6 is 0 Å². The Labute approximate surface area is 119 Å². The van der Waals surface area contributed by atoms with E-state index in [1.165, 1.54) is 0 Å². The molecule has 1 fully saturated rings. The second-order valence-electron chi connectivity index (χ2n) is 4.92. The predicted octanol–water partition coefficient (Wildman–Crippen LogP) is 2.54. The number of ether oxygens (including phenoxy) is 1. The van der Waals surface area contributed by atoms with Gasteiger partial charge >= 0.3 is 0 Å². The molecule has 1 saturated carbocycles. The van der Waals surface area contributed by atoms with Crippen LogP contribution in [0.3, 0.4) is 0 Å². The first-order valence-electron chi connectivity index (χ1n) is 7.13. The molecule has 0 aliphatic heterocycles. The molecule has 0 bridgehead atoms. The molecule has 20 heavy (non-hydrogen) atoms. The van der Waals surface area contributed by atoms with Crippen molar-refractivity contribution in [3.63, 3.8) is 0 Å². The van der Waals surface area contributed by atoms with Crippen LogP contribution in [0.15, 0.2) is 5.11 Å². The molecule has 110 valence electrons. The van der Waals surface area contributed by atoms with Gasteiger partial charge in [0.05, 0.1) is 12.1 Å². The number of hydrogen-bond donors (Lipinski definition) is 1. The minimum Gasteiger partial charge on any atom is -0.363 e. The van der Waals surface area contributed by atoms with Gasteiger partial charge in [0.15, 0.2) is 0 Å². The molecular weight excluding hydrogens is 256 g/mol. The van der Waals surface area contributed by atoms with Crippen molar-refractivity contribution < 1.29 is 9.53 Å². The second kappa shape index (κ2) is 10.1. The number of carbonyl (C=O) groups is 1. The van der Waals surface area contributed by atoms with Crippen LogP contribution in [0.4, 0.5) is 0 Å². The van der Waals surface area contributed by atoms with E-state index in [2.05, 4.69) is 21.3 Å². The molecule has 1 N–H and O–H groups in total. The third kappa shape index (κ3) is 6.46. The minimum atomic E-state index is 0.0342. The lowest BCUT2D eigenvalue weighted by molar-refractivity contribution is -0.123. The number of hydrogen-bond acceptors (Lipinski definition) is 3. The molecule has 1 aliphatic carbocycles. The van der Waals surface area contributed by atoms with Crippen LogP contribution in [0.2, 0.25) is 0 Å². The molecule has 0 aromatic carbocycles. The molecule has 0 radical (unpaired) electrons. The number of terminal acetylenes is 1. The van der Waals surface area contributed by atoms with Gasteiger partial charge in [-0.2, -0.15) is 0 Å². The second-order valence-corrected chi connectivity index (χ2v) is 4.92. The Hall–Kier alpha value is -1.70. The zero-order chi connectivity index (χ0) is 14.6. The summed E-state index contributed by atoms with van der Waals surface area (Å²) in [5, 5.41) is 6.47. The highest BCUT2D eigenvalue weighted by Gasteiger charge is 2.26. The SMILES string of the molecule is C#CCO[C@H]1CCCC[C@H]1NC(=O)CCCCN=[N+]=[N-]. The largest absolute Gasteiger partial charge is 0.363 e. The maximum absolute atomic E-state index is 11.9. The molecule has 1 rings (SSSR count). The third-order valence-corrected chi connectivity index (χ3v) is 3.40. The Morgan fingerprint density at radius 2 is 2.25 bits per heavy atom. The number of unbranched alkanes of at least 4 members (excludes halogenated alkanes) is 1. The molecule has 0 aromatic rings. The first-order valence-corrected chi connectivity index (χ1v) is 7.13. The van der Waals surface area contributed by atoms with Gasteiger partial charge in [-0.3, -0.25) is 4.79 Å². The number of azide groups is 1. The summed E-state index contributed by atoms with van der Waals surface area (Å²) in [5.41, 5.74) is 8.14. The number of rotatable bonds is 8. The van der Waals surface area contributed by atoms with E-state index in [0.717, 1.165) is 38.5 Å². The standard InChI is InChI=1S/C14H22N4O2/c1-2-11-20-13-8-4-3-7-12(13)17-14(19)9-5-6-10-16-18-15/h1,12-13H,3-11H2,(H,17,19)/t12-,13+/m1/s1. The normalized spacial score (nSPS) is 21.6. The summed E-state index contributed by atoms with van der Waals surface area (Å²) in [5.74, 6) is 2.50. The third-order valence-electron chi connectivity index (χ3n) is 3.40. The minimum absolute atomic E-state index is 0.0342. The van der Waals surface area contributed by atoms with E-state index in [4.69, 9.17) is 16.7 Å². The quantitative estimate of drug-likeness (QED) is 0.243. The molecule has 0 unspecified atom stereocenters. The van der Waals surface area contributed by atoms with Crippen molar-refractivity contribution in [2.24, 2.45) is 5.11 Å². The smallest absolute Gasteiger partial charge is 0.220 e. The maximum atomic E-state index is 11.9. The summed E-state index contributed by atoms with van der Waals surface area (Å²) < 4.78 is 5.60. The van der Waals surface area contributed by atoms with Crippen LogP contribution in [0, 0.1) is 12.3 Å². The van der Waals surface area contributed by atoms with E-state index in [-0.39, 0.29) is 18.1 Å². The van der Waals surface area contributed by atoms with Crippen molar-refractivity contribution in [3.8, 4) is 12.3 Å². The maximum Gasteiger partial charge on any atom is 0.220 e. The van der Waals surface area contributed by atoms with Gasteiger partial charge in [-0.15, -0.1) is 6.42 Å². The Kier molecular flexibility index (Phi) is 8.28. The summed E-state index contributed by atoms with van der Waals surface area (Å²) in [6.07, 6.45) is 11.3. The van der Waals surface area contributed by atoms with Crippen molar-refractivity contribution in [2.45, 2.75) is 57.1 Å². The summed E-state index contributed by atoms with van der Waals surface area (Å²) >= 11 is 0. The van der Waals surface area contributed by atoms with E-state index in [0.29, 0.717) is 19.6 Å². The Morgan fingerprint density at radius 1 is 1.45 bits per heavy atom. The van der Waals surface area contributed by atoms with Crippen LogP contribution < -0.4 is 5.32 Å².